The Morgan fingerprint density at radius 2 is 1.48 bits per heavy atom. The van der Waals surface area contributed by atoms with Crippen LogP contribution in [0.1, 0.15) is 58.3 Å². The van der Waals surface area contributed by atoms with Crippen LogP contribution in [-0.2, 0) is 14.3 Å². The Kier molecular flexibility index (Phi) is 5.65. The first-order valence-corrected chi connectivity index (χ1v) is 9.95. The lowest BCUT2D eigenvalue weighted by atomic mass is 9.81. The smallest absolute Gasteiger partial charge is 0.345 e. The van der Waals surface area contributed by atoms with E-state index in [0.717, 1.165) is 17.5 Å². The summed E-state index contributed by atoms with van der Waals surface area (Å²) in [7, 11) is 0. The molecule has 1 aliphatic rings. The molecule has 1 unspecified atom stereocenters. The highest BCUT2D eigenvalue weighted by Crippen LogP contribution is 2.42. The van der Waals surface area contributed by atoms with Crippen LogP contribution >= 0.6 is 0 Å². The summed E-state index contributed by atoms with van der Waals surface area (Å²) in [6.07, 6.45) is 0.175. The molecule has 2 aromatic rings. The lowest BCUT2D eigenvalue weighted by Crippen LogP contribution is -2.47. The molecule has 1 heterocycles. The van der Waals surface area contributed by atoms with Crippen molar-refractivity contribution in [2.45, 2.75) is 52.7 Å². The molecule has 2 aromatic carbocycles. The molecule has 1 amide bonds. The van der Waals surface area contributed by atoms with Gasteiger partial charge in [-0.1, -0.05) is 81.4 Å². The number of esters is 1. The highest BCUT2D eigenvalue weighted by Gasteiger charge is 2.41. The molecule has 0 saturated carbocycles. The van der Waals surface area contributed by atoms with Crippen LogP contribution in [0.15, 0.2) is 66.2 Å². The normalized spacial score (nSPS) is 17.3. The van der Waals surface area contributed by atoms with Crippen molar-refractivity contribution in [3.05, 3.63) is 77.4 Å². The molecule has 29 heavy (non-hydrogen) atoms. The average molecular weight is 392 g/mol. The second-order valence-electron chi connectivity index (χ2n) is 9.43. The molecule has 0 radical (unpaired) electrons. The number of amides is 1. The van der Waals surface area contributed by atoms with E-state index in [1.165, 1.54) is 0 Å². The van der Waals surface area contributed by atoms with E-state index in [1.54, 1.807) is 0 Å². The molecular formula is C25H29NO3. The molecule has 0 bridgehead atoms. The average Bonchev–Trinajstić information content (AvgIpc) is 2.98. The molecule has 3 rings (SSSR count). The van der Waals surface area contributed by atoms with Crippen LogP contribution < -0.4 is 5.32 Å². The summed E-state index contributed by atoms with van der Waals surface area (Å²) < 4.78 is 5.69. The minimum atomic E-state index is -0.599. The molecule has 0 aromatic heterocycles. The Morgan fingerprint density at radius 1 is 0.931 bits per heavy atom. The highest BCUT2D eigenvalue weighted by molar-refractivity contribution is 6.24. The summed E-state index contributed by atoms with van der Waals surface area (Å²) in [6.45, 7) is 10.3. The van der Waals surface area contributed by atoms with E-state index in [2.05, 4.69) is 26.1 Å². The van der Waals surface area contributed by atoms with Gasteiger partial charge in [-0.15, -0.1) is 0 Å². The number of carbonyl (C=O) groups excluding carboxylic acids is 2. The summed E-state index contributed by atoms with van der Waals surface area (Å²) in [5.41, 5.74) is 1.94. The zero-order valence-electron chi connectivity index (χ0n) is 17.8. The van der Waals surface area contributed by atoms with Crippen LogP contribution in [0.5, 0.6) is 0 Å². The molecule has 1 aliphatic heterocycles. The zero-order valence-corrected chi connectivity index (χ0v) is 17.8. The van der Waals surface area contributed by atoms with E-state index in [1.807, 2.05) is 74.5 Å². The lowest BCUT2D eigenvalue weighted by Gasteiger charge is -2.33. The molecule has 4 nitrogen and oxygen atoms in total. The van der Waals surface area contributed by atoms with Gasteiger partial charge < -0.3 is 10.1 Å². The summed E-state index contributed by atoms with van der Waals surface area (Å²) in [5.74, 6) is -0.969. The molecular weight excluding hydrogens is 362 g/mol. The summed E-state index contributed by atoms with van der Waals surface area (Å²) in [4.78, 5) is 26.1. The fourth-order valence-corrected chi connectivity index (χ4v) is 4.20. The van der Waals surface area contributed by atoms with Gasteiger partial charge in [0.05, 0.1) is 0 Å². The number of carbonyl (C=O) groups is 2. The van der Waals surface area contributed by atoms with E-state index >= 15 is 0 Å². The fourth-order valence-electron chi connectivity index (χ4n) is 4.20. The molecule has 0 aliphatic carbocycles. The monoisotopic (exact) mass is 391 g/mol. The van der Waals surface area contributed by atoms with Gasteiger partial charge in [0.2, 0.25) is 0 Å². The Hall–Kier alpha value is -2.88. The molecule has 0 spiro atoms. The Morgan fingerprint density at radius 3 is 2.03 bits per heavy atom. The number of nitrogens with one attached hydrogen (secondary N) is 1. The number of hydrogen-bond donors (Lipinski definition) is 1. The van der Waals surface area contributed by atoms with Crippen molar-refractivity contribution in [2.75, 3.05) is 0 Å². The van der Waals surface area contributed by atoms with Gasteiger partial charge in [-0.25, -0.2) is 4.79 Å². The first-order chi connectivity index (χ1) is 13.6. The minimum Gasteiger partial charge on any atom is -0.449 e. The lowest BCUT2D eigenvalue weighted by molar-refractivity contribution is -0.141. The maximum atomic E-state index is 13.2. The molecule has 4 heteroatoms. The first kappa shape index (κ1) is 20.8. The quantitative estimate of drug-likeness (QED) is 0.572. The predicted molar refractivity (Wildman–Crippen MR) is 115 cm³/mol. The number of benzene rings is 2. The van der Waals surface area contributed by atoms with Crippen LogP contribution in [0, 0.1) is 5.41 Å². The maximum Gasteiger partial charge on any atom is 0.345 e. The molecule has 1 atom stereocenters. The third kappa shape index (κ3) is 4.94. The van der Waals surface area contributed by atoms with Crippen LogP contribution in [0.25, 0.3) is 5.57 Å². The zero-order chi connectivity index (χ0) is 21.2. The van der Waals surface area contributed by atoms with Gasteiger partial charge in [0, 0.05) is 11.1 Å². The van der Waals surface area contributed by atoms with E-state index in [0.29, 0.717) is 5.57 Å². The summed E-state index contributed by atoms with van der Waals surface area (Å²) in [5, 5.41) is 3.06. The second-order valence-corrected chi connectivity index (χ2v) is 9.43. The van der Waals surface area contributed by atoms with Gasteiger partial charge in [-0.05, 0) is 36.8 Å². The van der Waals surface area contributed by atoms with Crippen molar-refractivity contribution in [1.29, 1.82) is 0 Å². The van der Waals surface area contributed by atoms with E-state index < -0.39 is 17.6 Å². The van der Waals surface area contributed by atoms with Crippen LogP contribution in [0.4, 0.5) is 0 Å². The van der Waals surface area contributed by atoms with E-state index in [-0.39, 0.29) is 16.9 Å². The van der Waals surface area contributed by atoms with Crippen LogP contribution in [0.3, 0.4) is 0 Å². The number of ether oxygens (including phenoxy) is 1. The fraction of sp³-hybridized carbons (Fsp3) is 0.360. The number of hydrogen-bond acceptors (Lipinski definition) is 3. The predicted octanol–water partition coefficient (Wildman–Crippen LogP) is 5.07. The Labute approximate surface area is 173 Å². The Bertz CT molecular complexity index is 922. The maximum absolute atomic E-state index is 13.2. The van der Waals surface area contributed by atoms with Gasteiger partial charge in [-0.2, -0.15) is 0 Å². The third-order valence-electron chi connectivity index (χ3n) is 4.80. The van der Waals surface area contributed by atoms with Crippen LogP contribution in [0.2, 0.25) is 0 Å². The molecule has 1 N–H and O–H groups in total. The van der Waals surface area contributed by atoms with E-state index in [4.69, 9.17) is 4.74 Å². The van der Waals surface area contributed by atoms with Gasteiger partial charge in [-0.3, -0.25) is 4.79 Å². The standard InChI is InChI=1S/C25H29NO3/c1-24(2,3)16-25(4,5)26-22(27)20-19(17-12-8-6-9-13-17)21(29-23(20)28)18-14-10-7-11-15-18/h6-15,21H,16H2,1-5H3,(H,26,27). The van der Waals surface area contributed by atoms with Crippen molar-refractivity contribution >= 4 is 17.4 Å². The summed E-state index contributed by atoms with van der Waals surface area (Å²) in [6, 6.07) is 19.0. The van der Waals surface area contributed by atoms with Crippen molar-refractivity contribution in [3.8, 4) is 0 Å². The van der Waals surface area contributed by atoms with Gasteiger partial charge in [0.1, 0.15) is 5.57 Å². The minimum absolute atomic E-state index is 0.0379. The SMILES string of the molecule is CC(C)(C)CC(C)(C)NC(=O)C1=C(c2ccccc2)C(c2ccccc2)OC1=O. The van der Waals surface area contributed by atoms with Crippen LogP contribution in [-0.4, -0.2) is 17.4 Å². The van der Waals surface area contributed by atoms with E-state index in [9.17, 15) is 9.59 Å². The first-order valence-electron chi connectivity index (χ1n) is 9.95. The molecule has 152 valence electrons. The van der Waals surface area contributed by atoms with Crippen molar-refractivity contribution < 1.29 is 14.3 Å². The van der Waals surface area contributed by atoms with Gasteiger partial charge in [0.15, 0.2) is 6.10 Å². The topological polar surface area (TPSA) is 55.4 Å². The second kappa shape index (κ2) is 7.86. The van der Waals surface area contributed by atoms with Gasteiger partial charge >= 0.3 is 5.97 Å². The number of rotatable bonds is 5. The van der Waals surface area contributed by atoms with Crippen molar-refractivity contribution in [1.82, 2.24) is 5.32 Å². The molecule has 0 saturated heterocycles. The highest BCUT2D eigenvalue weighted by atomic mass is 16.5. The van der Waals surface area contributed by atoms with Crippen molar-refractivity contribution in [2.24, 2.45) is 5.41 Å². The van der Waals surface area contributed by atoms with Gasteiger partial charge in [0.25, 0.3) is 5.91 Å². The number of cyclic esters (lactones) is 1. The van der Waals surface area contributed by atoms with Crippen molar-refractivity contribution in [3.63, 3.8) is 0 Å². The summed E-state index contributed by atoms with van der Waals surface area (Å²) >= 11 is 0. The third-order valence-corrected chi connectivity index (χ3v) is 4.80. The Balaban J connectivity index is 2.04. The largest absolute Gasteiger partial charge is 0.449 e. The molecule has 0 fully saturated rings.